The molecule has 2 rings (SSSR count). The van der Waals surface area contributed by atoms with E-state index >= 15 is 0 Å². The van der Waals surface area contributed by atoms with Crippen LogP contribution >= 0.6 is 0 Å². The van der Waals surface area contributed by atoms with Crippen LogP contribution in [0, 0.1) is 5.92 Å². The van der Waals surface area contributed by atoms with Gasteiger partial charge in [-0.3, -0.25) is 0 Å². The molecule has 4 heteroatoms. The summed E-state index contributed by atoms with van der Waals surface area (Å²) in [5, 5.41) is 3.55. The first kappa shape index (κ1) is 10.6. The van der Waals surface area contributed by atoms with Crippen molar-refractivity contribution < 1.29 is 4.74 Å². The number of aromatic amines is 1. The summed E-state index contributed by atoms with van der Waals surface area (Å²) in [4.78, 5) is 7.10. The predicted octanol–water partition coefficient (Wildman–Crippen LogP) is 0.967. The lowest BCUT2D eigenvalue weighted by atomic mass is 10.2. The van der Waals surface area contributed by atoms with E-state index in [0.29, 0.717) is 6.04 Å². The smallest absolute Gasteiger partial charge is 0.0921 e. The highest BCUT2D eigenvalue weighted by Gasteiger charge is 2.30. The van der Waals surface area contributed by atoms with Crippen LogP contribution in [0.2, 0.25) is 0 Å². The van der Waals surface area contributed by atoms with Crippen molar-refractivity contribution in [3.63, 3.8) is 0 Å². The van der Waals surface area contributed by atoms with Crippen LogP contribution in [-0.4, -0.2) is 36.3 Å². The van der Waals surface area contributed by atoms with Crippen molar-refractivity contribution in [3.8, 4) is 0 Å². The van der Waals surface area contributed by atoms with Gasteiger partial charge in [-0.05, 0) is 18.8 Å². The molecule has 0 saturated heterocycles. The molecular weight excluding hydrogens is 190 g/mol. The second-order valence-electron chi connectivity index (χ2n) is 4.18. The van der Waals surface area contributed by atoms with Gasteiger partial charge in [-0.2, -0.15) is 0 Å². The fraction of sp³-hybridized carbons (Fsp3) is 0.727. The van der Waals surface area contributed by atoms with Crippen LogP contribution < -0.4 is 5.32 Å². The summed E-state index contributed by atoms with van der Waals surface area (Å²) >= 11 is 0. The zero-order chi connectivity index (χ0) is 10.5. The summed E-state index contributed by atoms with van der Waals surface area (Å²) in [5.41, 5.74) is 1.19. The van der Waals surface area contributed by atoms with Gasteiger partial charge in [0.05, 0.1) is 12.9 Å². The SMILES string of the molecule is COCC(NCCc1cnc[nH]1)C1CC1. The summed E-state index contributed by atoms with van der Waals surface area (Å²) in [6, 6.07) is 0.540. The third-order valence-corrected chi connectivity index (χ3v) is 2.89. The molecule has 1 atom stereocenters. The third-order valence-electron chi connectivity index (χ3n) is 2.89. The van der Waals surface area contributed by atoms with E-state index in [0.717, 1.165) is 25.5 Å². The molecule has 1 saturated carbocycles. The first-order valence-electron chi connectivity index (χ1n) is 5.59. The van der Waals surface area contributed by atoms with Crippen LogP contribution in [0.3, 0.4) is 0 Å². The number of ether oxygens (including phenoxy) is 1. The van der Waals surface area contributed by atoms with E-state index in [-0.39, 0.29) is 0 Å². The molecular formula is C11H19N3O. The Kier molecular flexibility index (Phi) is 3.75. The Morgan fingerprint density at radius 1 is 1.67 bits per heavy atom. The minimum absolute atomic E-state index is 0.540. The molecule has 1 unspecified atom stereocenters. The van der Waals surface area contributed by atoms with Gasteiger partial charge in [0.2, 0.25) is 0 Å². The van der Waals surface area contributed by atoms with Crippen molar-refractivity contribution in [3.05, 3.63) is 18.2 Å². The summed E-state index contributed by atoms with van der Waals surface area (Å²) < 4.78 is 5.21. The molecule has 84 valence electrons. The van der Waals surface area contributed by atoms with E-state index in [9.17, 15) is 0 Å². The first-order chi connectivity index (χ1) is 7.40. The highest BCUT2D eigenvalue weighted by Crippen LogP contribution is 2.32. The summed E-state index contributed by atoms with van der Waals surface area (Å²) in [7, 11) is 1.77. The van der Waals surface area contributed by atoms with Gasteiger partial charge in [0.15, 0.2) is 0 Å². The minimum Gasteiger partial charge on any atom is -0.383 e. The van der Waals surface area contributed by atoms with Gasteiger partial charge in [-0.15, -0.1) is 0 Å². The molecule has 1 aliphatic carbocycles. The number of rotatable bonds is 7. The summed E-state index contributed by atoms with van der Waals surface area (Å²) in [5.74, 6) is 0.840. The molecule has 0 radical (unpaired) electrons. The van der Waals surface area contributed by atoms with Crippen molar-refractivity contribution in [1.82, 2.24) is 15.3 Å². The molecule has 1 aromatic heterocycles. The maximum Gasteiger partial charge on any atom is 0.0921 e. The zero-order valence-electron chi connectivity index (χ0n) is 9.20. The van der Waals surface area contributed by atoms with Gasteiger partial charge < -0.3 is 15.0 Å². The molecule has 1 aliphatic rings. The maximum absolute atomic E-state index is 5.21. The van der Waals surface area contributed by atoms with Crippen molar-refractivity contribution in [2.24, 2.45) is 5.92 Å². The van der Waals surface area contributed by atoms with Crippen LogP contribution in [0.4, 0.5) is 0 Å². The van der Waals surface area contributed by atoms with E-state index in [4.69, 9.17) is 4.74 Å². The predicted molar refractivity (Wildman–Crippen MR) is 58.7 cm³/mol. The number of nitrogens with zero attached hydrogens (tertiary/aromatic N) is 1. The standard InChI is InChI=1S/C11H19N3O/c1-15-7-11(9-2-3-9)13-5-4-10-6-12-8-14-10/h6,8-9,11,13H,2-5,7H2,1H3,(H,12,14). The second kappa shape index (κ2) is 5.28. The molecule has 1 heterocycles. The number of hydrogen-bond donors (Lipinski definition) is 2. The van der Waals surface area contributed by atoms with Gasteiger partial charge in [-0.1, -0.05) is 0 Å². The average molecular weight is 209 g/mol. The third kappa shape index (κ3) is 3.32. The fourth-order valence-corrected chi connectivity index (χ4v) is 1.85. The maximum atomic E-state index is 5.21. The molecule has 0 amide bonds. The van der Waals surface area contributed by atoms with Crippen molar-refractivity contribution >= 4 is 0 Å². The summed E-state index contributed by atoms with van der Waals surface area (Å²) in [6.45, 7) is 1.82. The number of methoxy groups -OCH3 is 1. The molecule has 4 nitrogen and oxygen atoms in total. The molecule has 0 aromatic carbocycles. The molecule has 0 bridgehead atoms. The Bertz CT molecular complexity index is 269. The Morgan fingerprint density at radius 2 is 2.53 bits per heavy atom. The average Bonchev–Trinajstić information content (AvgIpc) is 2.96. The molecule has 1 aromatic rings. The van der Waals surface area contributed by atoms with Crippen LogP contribution in [0.15, 0.2) is 12.5 Å². The van der Waals surface area contributed by atoms with Crippen LogP contribution in [0.5, 0.6) is 0 Å². The Hall–Kier alpha value is -0.870. The van der Waals surface area contributed by atoms with Gasteiger partial charge in [0.25, 0.3) is 0 Å². The quantitative estimate of drug-likeness (QED) is 0.703. The van der Waals surface area contributed by atoms with E-state index < -0.39 is 0 Å². The van der Waals surface area contributed by atoms with E-state index in [1.165, 1.54) is 18.5 Å². The second-order valence-corrected chi connectivity index (χ2v) is 4.18. The number of H-pyrrole nitrogens is 1. The van der Waals surface area contributed by atoms with Crippen LogP contribution in [0.1, 0.15) is 18.5 Å². The molecule has 2 N–H and O–H groups in total. The van der Waals surface area contributed by atoms with Gasteiger partial charge in [0, 0.05) is 38.0 Å². The fourth-order valence-electron chi connectivity index (χ4n) is 1.85. The van der Waals surface area contributed by atoms with Gasteiger partial charge in [-0.25, -0.2) is 4.98 Å². The number of aromatic nitrogens is 2. The number of imidazole rings is 1. The Balaban J connectivity index is 1.66. The van der Waals surface area contributed by atoms with Crippen LogP contribution in [0.25, 0.3) is 0 Å². The minimum atomic E-state index is 0.540. The zero-order valence-corrected chi connectivity index (χ0v) is 9.20. The topological polar surface area (TPSA) is 49.9 Å². The molecule has 0 spiro atoms. The Morgan fingerprint density at radius 3 is 3.13 bits per heavy atom. The van der Waals surface area contributed by atoms with E-state index in [2.05, 4.69) is 15.3 Å². The molecule has 1 fully saturated rings. The lowest BCUT2D eigenvalue weighted by Gasteiger charge is -2.16. The lowest BCUT2D eigenvalue weighted by Crippen LogP contribution is -2.36. The van der Waals surface area contributed by atoms with Gasteiger partial charge >= 0.3 is 0 Å². The van der Waals surface area contributed by atoms with Crippen LogP contribution in [-0.2, 0) is 11.2 Å². The van der Waals surface area contributed by atoms with E-state index in [1.54, 1.807) is 13.4 Å². The number of nitrogens with one attached hydrogen (secondary N) is 2. The monoisotopic (exact) mass is 209 g/mol. The van der Waals surface area contributed by atoms with Crippen molar-refractivity contribution in [1.29, 1.82) is 0 Å². The molecule has 0 aliphatic heterocycles. The largest absolute Gasteiger partial charge is 0.383 e. The summed E-state index contributed by atoms with van der Waals surface area (Å²) in [6.07, 6.45) is 7.32. The van der Waals surface area contributed by atoms with Crippen molar-refractivity contribution in [2.45, 2.75) is 25.3 Å². The lowest BCUT2D eigenvalue weighted by molar-refractivity contribution is 0.158. The normalized spacial score (nSPS) is 17.9. The van der Waals surface area contributed by atoms with Gasteiger partial charge in [0.1, 0.15) is 0 Å². The van der Waals surface area contributed by atoms with Crippen molar-refractivity contribution in [2.75, 3.05) is 20.3 Å². The van der Waals surface area contributed by atoms with E-state index in [1.807, 2.05) is 6.20 Å². The first-order valence-corrected chi connectivity index (χ1v) is 5.59. The molecule has 15 heavy (non-hydrogen) atoms. The number of hydrogen-bond acceptors (Lipinski definition) is 3. The highest BCUT2D eigenvalue weighted by atomic mass is 16.5. The highest BCUT2D eigenvalue weighted by molar-refractivity contribution is 4.95. The Labute approximate surface area is 90.4 Å².